The van der Waals surface area contributed by atoms with Gasteiger partial charge in [0.05, 0.1) is 12.1 Å². The zero-order chi connectivity index (χ0) is 20.1. The third-order valence-corrected chi connectivity index (χ3v) is 5.52. The number of halogens is 3. The largest absolute Gasteiger partial charge is 0.406 e. The van der Waals surface area contributed by atoms with Crippen molar-refractivity contribution >= 4 is 34.7 Å². The van der Waals surface area contributed by atoms with Gasteiger partial charge in [-0.2, -0.15) is 13.2 Å². The van der Waals surface area contributed by atoms with E-state index in [1.807, 2.05) is 31.2 Å². The molecule has 148 valence electrons. The quantitative estimate of drug-likeness (QED) is 0.576. The van der Waals surface area contributed by atoms with Crippen LogP contribution >= 0.6 is 23.1 Å². The van der Waals surface area contributed by atoms with Crippen molar-refractivity contribution in [2.24, 2.45) is 0 Å². The first-order valence-electron chi connectivity index (χ1n) is 8.16. The molecule has 2 aromatic heterocycles. The van der Waals surface area contributed by atoms with Gasteiger partial charge in [-0.3, -0.25) is 9.36 Å². The Balaban J connectivity index is 1.54. The SMILES string of the molecule is Cc1ccccc1NC(=O)Cc1nc(CSc2nncn2CC(F)(F)F)cs1. The summed E-state index contributed by atoms with van der Waals surface area (Å²) in [5, 5.41) is 12.7. The minimum absolute atomic E-state index is 0.133. The molecule has 2 heterocycles. The summed E-state index contributed by atoms with van der Waals surface area (Å²) in [5.74, 6) is 0.166. The van der Waals surface area contributed by atoms with Crippen molar-refractivity contribution in [3.8, 4) is 0 Å². The van der Waals surface area contributed by atoms with Gasteiger partial charge < -0.3 is 5.32 Å². The number of hydrogen-bond acceptors (Lipinski definition) is 6. The first-order chi connectivity index (χ1) is 13.3. The number of thioether (sulfide) groups is 1. The van der Waals surface area contributed by atoms with Crippen LogP contribution in [0.5, 0.6) is 0 Å². The second kappa shape index (κ2) is 8.74. The van der Waals surface area contributed by atoms with Gasteiger partial charge in [0.25, 0.3) is 0 Å². The first-order valence-corrected chi connectivity index (χ1v) is 10.0. The van der Waals surface area contributed by atoms with Crippen LogP contribution in [0.4, 0.5) is 18.9 Å². The number of carbonyl (C=O) groups excluding carboxylic acids is 1. The minimum Gasteiger partial charge on any atom is -0.325 e. The average Bonchev–Trinajstić information content (AvgIpc) is 3.23. The Morgan fingerprint density at radius 3 is 2.86 bits per heavy atom. The van der Waals surface area contributed by atoms with Gasteiger partial charge in [-0.25, -0.2) is 4.98 Å². The van der Waals surface area contributed by atoms with Gasteiger partial charge in [0.15, 0.2) is 5.16 Å². The summed E-state index contributed by atoms with van der Waals surface area (Å²) in [6.07, 6.45) is -3.15. The van der Waals surface area contributed by atoms with E-state index in [2.05, 4.69) is 20.5 Å². The summed E-state index contributed by atoms with van der Waals surface area (Å²) in [7, 11) is 0. The molecule has 0 aliphatic rings. The number of thiazole rings is 1. The highest BCUT2D eigenvalue weighted by molar-refractivity contribution is 7.98. The van der Waals surface area contributed by atoms with E-state index in [-0.39, 0.29) is 17.5 Å². The van der Waals surface area contributed by atoms with Crippen molar-refractivity contribution < 1.29 is 18.0 Å². The summed E-state index contributed by atoms with van der Waals surface area (Å²) in [5.41, 5.74) is 2.40. The summed E-state index contributed by atoms with van der Waals surface area (Å²) in [6.45, 7) is 0.773. The number of aromatic nitrogens is 4. The zero-order valence-corrected chi connectivity index (χ0v) is 16.4. The van der Waals surface area contributed by atoms with E-state index in [4.69, 9.17) is 0 Å². The van der Waals surface area contributed by atoms with Crippen LogP contribution in [0.2, 0.25) is 0 Å². The Labute approximate surface area is 167 Å². The molecule has 0 aliphatic heterocycles. The second-order valence-corrected chi connectivity index (χ2v) is 7.80. The topological polar surface area (TPSA) is 72.7 Å². The predicted octanol–water partition coefficient (Wildman–Crippen LogP) is 4.08. The molecule has 0 saturated heterocycles. The fourth-order valence-corrected chi connectivity index (χ4v) is 4.04. The van der Waals surface area contributed by atoms with E-state index in [0.717, 1.165) is 33.9 Å². The summed E-state index contributed by atoms with van der Waals surface area (Å²) >= 11 is 2.45. The van der Waals surface area contributed by atoms with Crippen LogP contribution in [0.25, 0.3) is 0 Å². The lowest BCUT2D eigenvalue weighted by Gasteiger charge is -2.08. The van der Waals surface area contributed by atoms with Crippen LogP contribution in [0.3, 0.4) is 0 Å². The zero-order valence-electron chi connectivity index (χ0n) is 14.7. The van der Waals surface area contributed by atoms with Gasteiger partial charge >= 0.3 is 6.18 Å². The van der Waals surface area contributed by atoms with E-state index < -0.39 is 12.7 Å². The van der Waals surface area contributed by atoms with E-state index in [1.54, 1.807) is 5.38 Å². The Morgan fingerprint density at radius 1 is 1.32 bits per heavy atom. The average molecular weight is 427 g/mol. The van der Waals surface area contributed by atoms with Gasteiger partial charge in [-0.15, -0.1) is 21.5 Å². The Morgan fingerprint density at radius 2 is 2.11 bits per heavy atom. The molecule has 1 amide bonds. The van der Waals surface area contributed by atoms with Gasteiger partial charge in [0.1, 0.15) is 17.9 Å². The van der Waals surface area contributed by atoms with Crippen molar-refractivity contribution in [3.63, 3.8) is 0 Å². The molecule has 0 aliphatic carbocycles. The number of anilines is 1. The lowest BCUT2D eigenvalue weighted by atomic mass is 10.2. The molecule has 1 aromatic carbocycles. The molecule has 0 spiro atoms. The van der Waals surface area contributed by atoms with Gasteiger partial charge in [-0.05, 0) is 18.6 Å². The van der Waals surface area contributed by atoms with Gasteiger partial charge in [0, 0.05) is 16.8 Å². The monoisotopic (exact) mass is 427 g/mol. The number of hydrogen-bond donors (Lipinski definition) is 1. The van der Waals surface area contributed by atoms with Gasteiger partial charge in [0.2, 0.25) is 5.91 Å². The molecule has 0 unspecified atom stereocenters. The number of nitrogens with one attached hydrogen (secondary N) is 1. The van der Waals surface area contributed by atoms with Crippen LogP contribution in [-0.2, 0) is 23.5 Å². The molecule has 0 fully saturated rings. The maximum absolute atomic E-state index is 12.5. The number of para-hydroxylation sites is 1. The third kappa shape index (κ3) is 5.80. The lowest BCUT2D eigenvalue weighted by Crippen LogP contribution is -2.17. The van der Waals surface area contributed by atoms with E-state index in [1.165, 1.54) is 11.3 Å². The highest BCUT2D eigenvalue weighted by atomic mass is 32.2. The smallest absolute Gasteiger partial charge is 0.325 e. The van der Waals surface area contributed by atoms with Crippen LogP contribution in [-0.4, -0.2) is 31.8 Å². The van der Waals surface area contributed by atoms with Crippen LogP contribution in [0.1, 0.15) is 16.3 Å². The van der Waals surface area contributed by atoms with Crippen molar-refractivity contribution in [2.75, 3.05) is 5.32 Å². The molecule has 6 nitrogen and oxygen atoms in total. The molecule has 1 N–H and O–H groups in total. The van der Waals surface area contributed by atoms with Crippen molar-refractivity contribution in [3.05, 3.63) is 52.2 Å². The summed E-state index contributed by atoms with van der Waals surface area (Å²) < 4.78 is 38.6. The van der Waals surface area contributed by atoms with E-state index in [9.17, 15) is 18.0 Å². The normalized spacial score (nSPS) is 11.6. The molecule has 0 bridgehead atoms. The maximum Gasteiger partial charge on any atom is 0.406 e. The third-order valence-electron chi connectivity index (χ3n) is 3.61. The number of benzene rings is 1. The van der Waals surface area contributed by atoms with Crippen molar-refractivity contribution in [1.29, 1.82) is 0 Å². The molecule has 3 rings (SSSR count). The number of alkyl halides is 3. The standard InChI is InChI=1S/C17H16F3N5OS2/c1-11-4-2-3-5-13(11)23-14(26)6-15-22-12(7-27-15)8-28-16-24-21-10-25(16)9-17(18,19)20/h2-5,7,10H,6,8-9H2,1H3,(H,23,26). The molecule has 28 heavy (non-hydrogen) atoms. The van der Waals surface area contributed by atoms with Crippen molar-refractivity contribution in [2.45, 2.75) is 37.0 Å². The summed E-state index contributed by atoms with van der Waals surface area (Å²) in [4.78, 5) is 16.6. The molecular weight excluding hydrogens is 411 g/mol. The van der Waals surface area contributed by atoms with Crippen molar-refractivity contribution in [1.82, 2.24) is 19.7 Å². The highest BCUT2D eigenvalue weighted by Gasteiger charge is 2.29. The van der Waals surface area contributed by atoms with Crippen LogP contribution in [0, 0.1) is 6.92 Å². The maximum atomic E-state index is 12.5. The van der Waals surface area contributed by atoms with Gasteiger partial charge in [-0.1, -0.05) is 30.0 Å². The number of rotatable bonds is 7. The fraction of sp³-hybridized carbons (Fsp3) is 0.294. The number of aryl methyl sites for hydroxylation is 1. The number of nitrogens with zero attached hydrogens (tertiary/aromatic N) is 4. The Hall–Kier alpha value is -2.40. The van der Waals surface area contributed by atoms with E-state index >= 15 is 0 Å². The lowest BCUT2D eigenvalue weighted by molar-refractivity contribution is -0.142. The molecule has 0 radical (unpaired) electrons. The number of carbonyl (C=O) groups is 1. The Kier molecular flexibility index (Phi) is 6.35. The second-order valence-electron chi connectivity index (χ2n) is 5.92. The van der Waals surface area contributed by atoms with Crippen LogP contribution < -0.4 is 5.32 Å². The number of amides is 1. The Bertz CT molecular complexity index is 954. The molecular formula is C17H16F3N5OS2. The highest BCUT2D eigenvalue weighted by Crippen LogP contribution is 2.25. The van der Waals surface area contributed by atoms with Crippen LogP contribution in [0.15, 0.2) is 41.1 Å². The first kappa shape index (κ1) is 20.3. The summed E-state index contributed by atoms with van der Waals surface area (Å²) in [6, 6.07) is 7.48. The molecule has 0 saturated carbocycles. The molecule has 11 heteroatoms. The molecule has 3 aromatic rings. The molecule has 0 atom stereocenters. The fourth-order valence-electron chi connectivity index (χ4n) is 2.34. The predicted molar refractivity (Wildman–Crippen MR) is 101 cm³/mol. The van der Waals surface area contributed by atoms with E-state index in [0.29, 0.717) is 16.5 Å². The minimum atomic E-state index is -4.34.